The van der Waals surface area contributed by atoms with E-state index in [1.54, 1.807) is 0 Å². The number of aryl methyl sites for hydroxylation is 1. The number of carbonyl (C=O) groups excluding carboxylic acids is 1. The summed E-state index contributed by atoms with van der Waals surface area (Å²) in [5.74, 6) is -0.397. The number of rotatable bonds is 5. The van der Waals surface area contributed by atoms with E-state index in [9.17, 15) is 9.90 Å². The number of anilines is 1. The summed E-state index contributed by atoms with van der Waals surface area (Å²) in [7, 11) is 0. The highest BCUT2D eigenvalue weighted by Crippen LogP contribution is 2.29. The second-order valence-electron chi connectivity index (χ2n) is 4.95. The van der Waals surface area contributed by atoms with E-state index in [1.807, 2.05) is 0 Å². The Kier molecular flexibility index (Phi) is 4.90. The van der Waals surface area contributed by atoms with Crippen molar-refractivity contribution >= 4 is 22.4 Å². The van der Waals surface area contributed by atoms with Crippen molar-refractivity contribution in [3.63, 3.8) is 0 Å². The predicted molar refractivity (Wildman–Crippen MR) is 76.5 cm³/mol. The summed E-state index contributed by atoms with van der Waals surface area (Å²) in [6, 6.07) is 0.521. The second kappa shape index (κ2) is 6.45. The minimum absolute atomic E-state index is 0.397. The van der Waals surface area contributed by atoms with Crippen molar-refractivity contribution in [3.05, 3.63) is 10.6 Å². The molecular formula is C13H21N3O2S. The number of nitrogens with zero attached hydrogens (tertiary/aromatic N) is 1. The summed E-state index contributed by atoms with van der Waals surface area (Å²) in [6.45, 7) is 4.66. The maximum absolute atomic E-state index is 11.4. The zero-order valence-electron chi connectivity index (χ0n) is 11.4. The number of fused-ring (bicyclic) bond motifs is 1. The van der Waals surface area contributed by atoms with Crippen LogP contribution in [0.3, 0.4) is 0 Å². The molecule has 3 N–H and O–H groups in total. The van der Waals surface area contributed by atoms with Crippen LogP contribution in [0.25, 0.3) is 0 Å². The van der Waals surface area contributed by atoms with Crippen LogP contribution in [0.5, 0.6) is 0 Å². The molecule has 2 rings (SSSR count). The second-order valence-corrected chi connectivity index (χ2v) is 6.03. The molecule has 6 heteroatoms. The molecule has 0 spiro atoms. The van der Waals surface area contributed by atoms with Gasteiger partial charge in [-0.1, -0.05) is 6.92 Å². The molecular weight excluding hydrogens is 262 g/mol. The Labute approximate surface area is 117 Å². The molecule has 0 saturated heterocycles. The minimum atomic E-state index is -1.00. The number of nitrogens with one attached hydrogen (secondary N) is 2. The quantitative estimate of drug-likeness (QED) is 0.762. The van der Waals surface area contributed by atoms with Gasteiger partial charge in [0, 0.05) is 10.9 Å². The zero-order valence-corrected chi connectivity index (χ0v) is 12.2. The van der Waals surface area contributed by atoms with Gasteiger partial charge in [0.05, 0.1) is 5.69 Å². The van der Waals surface area contributed by atoms with Gasteiger partial charge in [-0.05, 0) is 39.2 Å². The molecule has 1 aromatic heterocycles. The Hall–Kier alpha value is -0.980. The molecule has 5 nitrogen and oxygen atoms in total. The molecule has 0 aliphatic heterocycles. The van der Waals surface area contributed by atoms with Gasteiger partial charge in [0.1, 0.15) is 6.10 Å². The lowest BCUT2D eigenvalue weighted by Crippen LogP contribution is -2.34. The predicted octanol–water partition coefficient (Wildman–Crippen LogP) is 1.32. The summed E-state index contributed by atoms with van der Waals surface area (Å²) >= 11 is 1.52. The number of amides is 1. The number of hydrogen-bond acceptors (Lipinski definition) is 5. The molecule has 0 fully saturated rings. The fourth-order valence-electron chi connectivity index (χ4n) is 2.16. The fourth-order valence-corrected chi connectivity index (χ4v) is 3.25. The van der Waals surface area contributed by atoms with Crippen molar-refractivity contribution in [3.8, 4) is 0 Å². The van der Waals surface area contributed by atoms with Gasteiger partial charge in [0.25, 0.3) is 5.91 Å². The van der Waals surface area contributed by atoms with E-state index >= 15 is 0 Å². The average Bonchev–Trinajstić information content (AvgIpc) is 2.77. The maximum atomic E-state index is 11.4. The highest BCUT2D eigenvalue weighted by atomic mass is 32.1. The largest absolute Gasteiger partial charge is 0.384 e. The van der Waals surface area contributed by atoms with E-state index in [1.165, 1.54) is 23.1 Å². The van der Waals surface area contributed by atoms with Gasteiger partial charge in [0.15, 0.2) is 5.13 Å². The fraction of sp³-hybridized carbons (Fsp3) is 0.692. The minimum Gasteiger partial charge on any atom is -0.384 e. The highest BCUT2D eigenvalue weighted by molar-refractivity contribution is 7.15. The van der Waals surface area contributed by atoms with Crippen molar-refractivity contribution in [2.75, 3.05) is 11.9 Å². The summed E-state index contributed by atoms with van der Waals surface area (Å²) in [5.41, 5.74) is 1.10. The van der Waals surface area contributed by atoms with Gasteiger partial charge in [-0.2, -0.15) is 0 Å². The molecule has 1 aliphatic carbocycles. The summed E-state index contributed by atoms with van der Waals surface area (Å²) in [5, 5.41) is 16.0. The molecule has 1 heterocycles. The molecule has 106 valence electrons. The van der Waals surface area contributed by atoms with Gasteiger partial charge < -0.3 is 10.4 Å². The van der Waals surface area contributed by atoms with Gasteiger partial charge in [-0.25, -0.2) is 4.98 Å². The topological polar surface area (TPSA) is 74.2 Å². The highest BCUT2D eigenvalue weighted by Gasteiger charge is 2.23. The average molecular weight is 283 g/mol. The Morgan fingerprint density at radius 3 is 3.11 bits per heavy atom. The third kappa shape index (κ3) is 3.75. The van der Waals surface area contributed by atoms with E-state index in [4.69, 9.17) is 0 Å². The third-order valence-electron chi connectivity index (χ3n) is 3.23. The van der Waals surface area contributed by atoms with Crippen LogP contribution in [-0.2, 0) is 17.6 Å². The molecule has 1 amide bonds. The standard InChI is InChI=1S/C13H21N3O2S/c1-3-6-14-9-4-5-10-11(7-9)19-13(15-10)16-12(18)8(2)17/h8-9,14,17H,3-7H2,1-2H3,(H,15,16,18). The van der Waals surface area contributed by atoms with Crippen molar-refractivity contribution in [2.45, 2.75) is 51.7 Å². The third-order valence-corrected chi connectivity index (χ3v) is 4.27. The smallest absolute Gasteiger partial charge is 0.254 e. The molecule has 0 bridgehead atoms. The summed E-state index contributed by atoms with van der Waals surface area (Å²) in [4.78, 5) is 17.1. The van der Waals surface area contributed by atoms with Crippen LogP contribution >= 0.6 is 11.3 Å². The zero-order chi connectivity index (χ0) is 13.8. The lowest BCUT2D eigenvalue weighted by atomic mass is 9.98. The van der Waals surface area contributed by atoms with Crippen molar-refractivity contribution < 1.29 is 9.90 Å². The van der Waals surface area contributed by atoms with E-state index in [0.717, 1.165) is 37.9 Å². The number of aromatic nitrogens is 1. The van der Waals surface area contributed by atoms with E-state index in [0.29, 0.717) is 11.2 Å². The molecule has 2 unspecified atom stereocenters. The molecule has 1 aliphatic rings. The lowest BCUT2D eigenvalue weighted by molar-refractivity contribution is -0.123. The van der Waals surface area contributed by atoms with Crippen molar-refractivity contribution in [1.29, 1.82) is 0 Å². The molecule has 1 aromatic rings. The first kappa shape index (κ1) is 14.4. The van der Waals surface area contributed by atoms with Crippen LogP contribution in [0.15, 0.2) is 0 Å². The first-order valence-electron chi connectivity index (χ1n) is 6.81. The normalized spacial score (nSPS) is 19.8. The Bertz CT molecular complexity index is 445. The van der Waals surface area contributed by atoms with Crippen LogP contribution < -0.4 is 10.6 Å². The molecule has 0 saturated carbocycles. The Morgan fingerprint density at radius 2 is 2.42 bits per heavy atom. The molecule has 19 heavy (non-hydrogen) atoms. The van der Waals surface area contributed by atoms with Crippen LogP contribution in [0.2, 0.25) is 0 Å². The number of aliphatic hydroxyl groups is 1. The van der Waals surface area contributed by atoms with E-state index in [-0.39, 0.29) is 0 Å². The van der Waals surface area contributed by atoms with Gasteiger partial charge in [-0.3, -0.25) is 10.1 Å². The van der Waals surface area contributed by atoms with Crippen LogP contribution in [0, 0.1) is 0 Å². The van der Waals surface area contributed by atoms with Crippen LogP contribution in [0.4, 0.5) is 5.13 Å². The Morgan fingerprint density at radius 1 is 1.63 bits per heavy atom. The maximum Gasteiger partial charge on any atom is 0.254 e. The van der Waals surface area contributed by atoms with Crippen LogP contribution in [-0.4, -0.2) is 34.7 Å². The molecule has 0 radical (unpaired) electrons. The molecule has 0 aromatic carbocycles. The molecule has 2 atom stereocenters. The monoisotopic (exact) mass is 283 g/mol. The van der Waals surface area contributed by atoms with E-state index in [2.05, 4.69) is 22.5 Å². The van der Waals surface area contributed by atoms with Crippen LogP contribution in [0.1, 0.15) is 37.3 Å². The van der Waals surface area contributed by atoms with Gasteiger partial charge in [-0.15, -0.1) is 11.3 Å². The van der Waals surface area contributed by atoms with E-state index < -0.39 is 12.0 Å². The Balaban J connectivity index is 1.98. The summed E-state index contributed by atoms with van der Waals surface area (Å²) < 4.78 is 0. The van der Waals surface area contributed by atoms with Crippen molar-refractivity contribution in [2.24, 2.45) is 0 Å². The summed E-state index contributed by atoms with van der Waals surface area (Å²) in [6.07, 6.45) is 3.18. The van der Waals surface area contributed by atoms with Gasteiger partial charge >= 0.3 is 0 Å². The number of carbonyl (C=O) groups is 1. The lowest BCUT2D eigenvalue weighted by Gasteiger charge is -2.21. The number of thiazole rings is 1. The number of hydrogen-bond donors (Lipinski definition) is 3. The van der Waals surface area contributed by atoms with Gasteiger partial charge in [0.2, 0.25) is 0 Å². The van der Waals surface area contributed by atoms with Crippen molar-refractivity contribution in [1.82, 2.24) is 10.3 Å². The SMILES string of the molecule is CCCNC1CCc2nc(NC(=O)C(C)O)sc2C1. The first-order chi connectivity index (χ1) is 9.10. The first-order valence-corrected chi connectivity index (χ1v) is 7.62. The number of aliphatic hydroxyl groups excluding tert-OH is 1.